The highest BCUT2D eigenvalue weighted by Crippen LogP contribution is 2.15. The molecule has 3 rings (SSSR count). The van der Waals surface area contributed by atoms with Gasteiger partial charge in [0.15, 0.2) is 6.61 Å². The highest BCUT2D eigenvalue weighted by atomic mass is 35.5. The van der Waals surface area contributed by atoms with E-state index in [-0.39, 0.29) is 12.5 Å². The molecule has 1 amide bonds. The summed E-state index contributed by atoms with van der Waals surface area (Å²) in [6.07, 6.45) is 0. The van der Waals surface area contributed by atoms with Gasteiger partial charge in [-0.1, -0.05) is 23.7 Å². The minimum absolute atomic E-state index is 0.325. The molecule has 1 aromatic heterocycles. The Hall–Kier alpha value is -2.99. The first-order chi connectivity index (χ1) is 12.9. The van der Waals surface area contributed by atoms with E-state index >= 15 is 0 Å². The first-order valence-electron chi connectivity index (χ1n) is 8.35. The fraction of sp³-hybridized carbons (Fsp3) is 0.200. The molecule has 0 aliphatic heterocycles. The number of aromatic nitrogens is 2. The summed E-state index contributed by atoms with van der Waals surface area (Å²) >= 11 is 5.82. The molecule has 3 aromatic rings. The van der Waals surface area contributed by atoms with E-state index < -0.39 is 5.97 Å². The van der Waals surface area contributed by atoms with Crippen LogP contribution in [-0.2, 0) is 16.1 Å². The normalized spacial score (nSPS) is 10.6. The van der Waals surface area contributed by atoms with Gasteiger partial charge in [0.2, 0.25) is 0 Å². The second-order valence-corrected chi connectivity index (χ2v) is 6.51. The largest absolute Gasteiger partial charge is 0.452 e. The molecule has 0 atom stereocenters. The molecule has 6 nitrogen and oxygen atoms in total. The van der Waals surface area contributed by atoms with Crippen LogP contribution in [0.2, 0.25) is 5.02 Å². The highest BCUT2D eigenvalue weighted by molar-refractivity contribution is 6.30. The molecule has 138 valence electrons. The number of amides is 1. The lowest BCUT2D eigenvalue weighted by molar-refractivity contribution is -0.124. The summed E-state index contributed by atoms with van der Waals surface area (Å²) in [5.74, 6) is -0.969. The maximum absolute atomic E-state index is 12.2. The molecular weight excluding hydrogens is 366 g/mol. The van der Waals surface area contributed by atoms with E-state index in [1.165, 1.54) is 0 Å². The topological polar surface area (TPSA) is 81.2 Å². The predicted molar refractivity (Wildman–Crippen MR) is 103 cm³/mol. The van der Waals surface area contributed by atoms with Gasteiger partial charge in [0.25, 0.3) is 5.91 Å². The predicted octanol–water partition coefficient (Wildman–Crippen LogP) is 3.37. The lowest BCUT2D eigenvalue weighted by atomic mass is 10.2. The number of hydrogen-bond acceptors (Lipinski definition) is 5. The maximum Gasteiger partial charge on any atom is 0.338 e. The van der Waals surface area contributed by atoms with Crippen LogP contribution in [0.4, 0.5) is 0 Å². The molecule has 7 heteroatoms. The first-order valence-corrected chi connectivity index (χ1v) is 8.73. The van der Waals surface area contributed by atoms with Crippen molar-refractivity contribution >= 4 is 34.5 Å². The molecule has 27 heavy (non-hydrogen) atoms. The van der Waals surface area contributed by atoms with E-state index in [1.807, 2.05) is 26.0 Å². The van der Waals surface area contributed by atoms with Gasteiger partial charge in [-0.15, -0.1) is 0 Å². The number of carbonyl (C=O) groups is 2. The minimum Gasteiger partial charge on any atom is -0.452 e. The van der Waals surface area contributed by atoms with Crippen LogP contribution in [0.5, 0.6) is 0 Å². The molecule has 0 fully saturated rings. The molecule has 1 N–H and O–H groups in total. The first kappa shape index (κ1) is 18.8. The molecule has 1 heterocycles. The number of benzene rings is 2. The second kappa shape index (κ2) is 8.14. The molecular formula is C20H18ClN3O3. The van der Waals surface area contributed by atoms with Crippen molar-refractivity contribution in [2.45, 2.75) is 20.4 Å². The number of hydrogen-bond donors (Lipinski definition) is 1. The van der Waals surface area contributed by atoms with Gasteiger partial charge in [-0.3, -0.25) is 4.79 Å². The Morgan fingerprint density at radius 2 is 1.67 bits per heavy atom. The zero-order valence-corrected chi connectivity index (χ0v) is 15.7. The Kier molecular flexibility index (Phi) is 5.66. The molecule has 0 aliphatic carbocycles. The van der Waals surface area contributed by atoms with Crippen LogP contribution < -0.4 is 5.32 Å². The lowest BCUT2D eigenvalue weighted by Gasteiger charge is -2.08. The third-order valence-corrected chi connectivity index (χ3v) is 4.30. The van der Waals surface area contributed by atoms with Gasteiger partial charge in [-0.25, -0.2) is 14.8 Å². The maximum atomic E-state index is 12.2. The zero-order valence-electron chi connectivity index (χ0n) is 15.0. The van der Waals surface area contributed by atoms with Crippen molar-refractivity contribution in [2.75, 3.05) is 6.61 Å². The molecule has 0 saturated carbocycles. The van der Waals surface area contributed by atoms with Crippen LogP contribution in [0.3, 0.4) is 0 Å². The van der Waals surface area contributed by atoms with E-state index in [4.69, 9.17) is 16.3 Å². The van der Waals surface area contributed by atoms with Crippen LogP contribution in [-0.4, -0.2) is 28.5 Å². The molecule has 0 aliphatic rings. The van der Waals surface area contributed by atoms with Gasteiger partial charge in [-0.2, -0.15) is 0 Å². The van der Waals surface area contributed by atoms with Crippen LogP contribution in [0.25, 0.3) is 11.0 Å². The van der Waals surface area contributed by atoms with Crippen molar-refractivity contribution in [3.8, 4) is 0 Å². The number of halogens is 1. The lowest BCUT2D eigenvalue weighted by Crippen LogP contribution is -2.28. The molecule has 0 saturated heterocycles. The van der Waals surface area contributed by atoms with Crippen molar-refractivity contribution in [1.29, 1.82) is 0 Å². The summed E-state index contributed by atoms with van der Waals surface area (Å²) in [5.41, 5.74) is 4.18. The number of rotatable bonds is 5. The van der Waals surface area contributed by atoms with Gasteiger partial charge >= 0.3 is 5.97 Å². The summed E-state index contributed by atoms with van der Waals surface area (Å²) in [7, 11) is 0. The number of ether oxygens (including phenoxy) is 1. The summed E-state index contributed by atoms with van der Waals surface area (Å²) in [6, 6.07) is 12.1. The van der Waals surface area contributed by atoms with Crippen LogP contribution in [0, 0.1) is 13.8 Å². The van der Waals surface area contributed by atoms with Crippen molar-refractivity contribution in [3.63, 3.8) is 0 Å². The average molecular weight is 384 g/mol. The van der Waals surface area contributed by atoms with Crippen molar-refractivity contribution in [2.24, 2.45) is 0 Å². The quantitative estimate of drug-likeness (QED) is 0.683. The average Bonchev–Trinajstić information content (AvgIpc) is 2.66. The monoisotopic (exact) mass is 383 g/mol. The Morgan fingerprint density at radius 1 is 1.00 bits per heavy atom. The van der Waals surface area contributed by atoms with E-state index in [2.05, 4.69) is 15.3 Å². The summed E-state index contributed by atoms with van der Waals surface area (Å²) < 4.78 is 5.08. The Bertz CT molecular complexity index is 1000. The summed E-state index contributed by atoms with van der Waals surface area (Å²) in [5, 5.41) is 3.32. The van der Waals surface area contributed by atoms with Gasteiger partial charge in [0.05, 0.1) is 28.0 Å². The zero-order chi connectivity index (χ0) is 19.4. The van der Waals surface area contributed by atoms with E-state index in [0.717, 1.165) is 17.0 Å². The number of esters is 1. The fourth-order valence-corrected chi connectivity index (χ4v) is 2.55. The Labute approximate surface area is 161 Å². The molecule has 2 aromatic carbocycles. The van der Waals surface area contributed by atoms with E-state index in [9.17, 15) is 9.59 Å². The third kappa shape index (κ3) is 4.80. The number of fused-ring (bicyclic) bond motifs is 1. The standard InChI is InChI=1S/C20H18ClN3O3/c1-12-13(2)24-18-9-15(5-8-17(18)23-12)20(26)27-11-19(25)22-10-14-3-6-16(21)7-4-14/h3-9H,10-11H2,1-2H3,(H,22,25). The number of nitrogens with zero attached hydrogens (tertiary/aromatic N) is 2. The van der Waals surface area contributed by atoms with Crippen LogP contribution >= 0.6 is 11.6 Å². The second-order valence-electron chi connectivity index (χ2n) is 6.08. The van der Waals surface area contributed by atoms with Crippen LogP contribution in [0.15, 0.2) is 42.5 Å². The van der Waals surface area contributed by atoms with Crippen LogP contribution in [0.1, 0.15) is 27.3 Å². The molecule has 0 radical (unpaired) electrons. The molecule has 0 bridgehead atoms. The smallest absolute Gasteiger partial charge is 0.338 e. The Balaban J connectivity index is 1.56. The van der Waals surface area contributed by atoms with Gasteiger partial charge in [0.1, 0.15) is 0 Å². The van der Waals surface area contributed by atoms with E-state index in [1.54, 1.807) is 30.3 Å². The Morgan fingerprint density at radius 3 is 2.37 bits per heavy atom. The fourth-order valence-electron chi connectivity index (χ4n) is 2.43. The number of carbonyl (C=O) groups excluding carboxylic acids is 2. The van der Waals surface area contributed by atoms with E-state index in [0.29, 0.717) is 28.2 Å². The summed E-state index contributed by atoms with van der Waals surface area (Å²) in [6.45, 7) is 3.71. The number of aryl methyl sites for hydroxylation is 2. The summed E-state index contributed by atoms with van der Waals surface area (Å²) in [4.78, 5) is 32.9. The van der Waals surface area contributed by atoms with Crippen molar-refractivity contribution in [1.82, 2.24) is 15.3 Å². The van der Waals surface area contributed by atoms with Crippen molar-refractivity contribution in [3.05, 3.63) is 70.0 Å². The SMILES string of the molecule is Cc1nc2ccc(C(=O)OCC(=O)NCc3ccc(Cl)cc3)cc2nc1C. The number of nitrogens with one attached hydrogen (secondary N) is 1. The van der Waals surface area contributed by atoms with Crippen molar-refractivity contribution < 1.29 is 14.3 Å². The molecule has 0 unspecified atom stereocenters. The minimum atomic E-state index is -0.585. The van der Waals surface area contributed by atoms with Gasteiger partial charge < -0.3 is 10.1 Å². The highest BCUT2D eigenvalue weighted by Gasteiger charge is 2.12. The molecule has 0 spiro atoms. The third-order valence-electron chi connectivity index (χ3n) is 4.05. The van der Waals surface area contributed by atoms with Gasteiger partial charge in [-0.05, 0) is 49.7 Å². The van der Waals surface area contributed by atoms with Gasteiger partial charge in [0, 0.05) is 11.6 Å².